The van der Waals surface area contributed by atoms with Crippen LogP contribution in [-0.2, 0) is 4.79 Å². The third-order valence-electron chi connectivity index (χ3n) is 3.77. The molecule has 3 nitrogen and oxygen atoms in total. The minimum atomic E-state index is 0.307. The standard InChI is InChI=1S/C14H16Cl2N2O/c15-11-3-4-12(16)13(9-11)17-5-7-18(8-6-17)14(19)10-1-2-10/h3-4,9-10H,1-2,5-8H2. The number of piperazine rings is 1. The van der Waals surface area contributed by atoms with Gasteiger partial charge in [0.15, 0.2) is 0 Å². The molecule has 5 heteroatoms. The Morgan fingerprint density at radius 1 is 1.11 bits per heavy atom. The van der Waals surface area contributed by atoms with E-state index >= 15 is 0 Å². The maximum absolute atomic E-state index is 12.0. The SMILES string of the molecule is O=C(C1CC1)N1CCN(c2cc(Cl)ccc2Cl)CC1. The molecule has 1 aromatic rings. The first kappa shape index (κ1) is 13.1. The van der Waals surface area contributed by atoms with Gasteiger partial charge in [0, 0.05) is 37.1 Å². The lowest BCUT2D eigenvalue weighted by Crippen LogP contribution is -2.49. The van der Waals surface area contributed by atoms with Gasteiger partial charge in [-0.15, -0.1) is 0 Å². The fraction of sp³-hybridized carbons (Fsp3) is 0.500. The van der Waals surface area contributed by atoms with Crippen molar-refractivity contribution in [3.63, 3.8) is 0 Å². The topological polar surface area (TPSA) is 23.6 Å². The number of hydrogen-bond acceptors (Lipinski definition) is 2. The molecule has 0 unspecified atom stereocenters. The molecule has 0 atom stereocenters. The van der Waals surface area contributed by atoms with Crippen LogP contribution in [0.3, 0.4) is 0 Å². The molecule has 3 rings (SSSR count). The summed E-state index contributed by atoms with van der Waals surface area (Å²) in [4.78, 5) is 16.2. The van der Waals surface area contributed by atoms with Crippen LogP contribution in [0.25, 0.3) is 0 Å². The molecular formula is C14H16Cl2N2O. The molecule has 0 aromatic heterocycles. The van der Waals surface area contributed by atoms with E-state index in [2.05, 4.69) is 4.90 Å². The number of carbonyl (C=O) groups is 1. The molecule has 1 aliphatic heterocycles. The Hall–Kier alpha value is -0.930. The number of hydrogen-bond donors (Lipinski definition) is 0. The van der Waals surface area contributed by atoms with Crippen molar-refractivity contribution >= 4 is 34.8 Å². The molecule has 1 heterocycles. The van der Waals surface area contributed by atoms with E-state index in [0.29, 0.717) is 21.9 Å². The van der Waals surface area contributed by atoms with Gasteiger partial charge < -0.3 is 9.80 Å². The highest BCUT2D eigenvalue weighted by molar-refractivity contribution is 6.35. The number of nitrogens with zero attached hydrogens (tertiary/aromatic N) is 2. The van der Waals surface area contributed by atoms with Crippen LogP contribution in [0.15, 0.2) is 18.2 Å². The first-order chi connectivity index (χ1) is 9.15. The second-order valence-electron chi connectivity index (χ2n) is 5.18. The van der Waals surface area contributed by atoms with Gasteiger partial charge in [-0.3, -0.25) is 4.79 Å². The average Bonchev–Trinajstić information content (AvgIpc) is 3.25. The first-order valence-corrected chi connectivity index (χ1v) is 7.39. The highest BCUT2D eigenvalue weighted by Gasteiger charge is 2.34. The van der Waals surface area contributed by atoms with Gasteiger partial charge in [0.05, 0.1) is 10.7 Å². The quantitative estimate of drug-likeness (QED) is 0.838. The number of benzene rings is 1. The summed E-state index contributed by atoms with van der Waals surface area (Å²) in [5, 5.41) is 1.40. The van der Waals surface area contributed by atoms with Crippen LogP contribution < -0.4 is 4.90 Å². The summed E-state index contributed by atoms with van der Waals surface area (Å²) in [6.45, 7) is 3.19. The van der Waals surface area contributed by atoms with Crippen LogP contribution in [0.2, 0.25) is 10.0 Å². The first-order valence-electron chi connectivity index (χ1n) is 6.64. The summed E-state index contributed by atoms with van der Waals surface area (Å²) in [5.74, 6) is 0.637. The number of anilines is 1. The Morgan fingerprint density at radius 3 is 2.42 bits per heavy atom. The van der Waals surface area contributed by atoms with Gasteiger partial charge in [-0.05, 0) is 31.0 Å². The van der Waals surface area contributed by atoms with E-state index in [0.717, 1.165) is 44.7 Å². The molecule has 0 spiro atoms. The maximum Gasteiger partial charge on any atom is 0.225 e. The summed E-state index contributed by atoms with van der Waals surface area (Å²) in [5.41, 5.74) is 0.965. The van der Waals surface area contributed by atoms with E-state index in [9.17, 15) is 4.79 Å². The normalized spacial score (nSPS) is 19.7. The third kappa shape index (κ3) is 2.82. The second-order valence-corrected chi connectivity index (χ2v) is 6.03. The van der Waals surface area contributed by atoms with E-state index in [4.69, 9.17) is 23.2 Å². The second kappa shape index (κ2) is 5.22. The Balaban J connectivity index is 1.66. The van der Waals surface area contributed by atoms with Gasteiger partial charge in [-0.1, -0.05) is 23.2 Å². The predicted octanol–water partition coefficient (Wildman–Crippen LogP) is 3.05. The van der Waals surface area contributed by atoms with Crippen molar-refractivity contribution in [2.45, 2.75) is 12.8 Å². The van der Waals surface area contributed by atoms with Gasteiger partial charge in [-0.2, -0.15) is 0 Å². The van der Waals surface area contributed by atoms with Gasteiger partial charge in [0.2, 0.25) is 5.91 Å². The molecule has 0 N–H and O–H groups in total. The molecule has 0 radical (unpaired) electrons. The van der Waals surface area contributed by atoms with Crippen molar-refractivity contribution in [2.24, 2.45) is 5.92 Å². The zero-order valence-electron chi connectivity index (χ0n) is 10.6. The summed E-state index contributed by atoms with van der Waals surface area (Å²) in [6.07, 6.45) is 2.14. The smallest absolute Gasteiger partial charge is 0.225 e. The van der Waals surface area contributed by atoms with Crippen molar-refractivity contribution in [3.8, 4) is 0 Å². The minimum absolute atomic E-state index is 0.307. The molecule has 1 aromatic carbocycles. The molecule has 19 heavy (non-hydrogen) atoms. The Kier molecular flexibility index (Phi) is 3.59. The van der Waals surface area contributed by atoms with Crippen LogP contribution in [0.4, 0.5) is 5.69 Å². The zero-order chi connectivity index (χ0) is 13.4. The van der Waals surface area contributed by atoms with Gasteiger partial charge in [0.1, 0.15) is 0 Å². The highest BCUT2D eigenvalue weighted by Crippen LogP contribution is 2.33. The van der Waals surface area contributed by atoms with Crippen LogP contribution in [0.1, 0.15) is 12.8 Å². The summed E-state index contributed by atoms with van der Waals surface area (Å²) in [6, 6.07) is 5.50. The average molecular weight is 299 g/mol. The molecule has 1 amide bonds. The zero-order valence-corrected chi connectivity index (χ0v) is 12.1. The molecule has 1 saturated heterocycles. The molecule has 0 bridgehead atoms. The van der Waals surface area contributed by atoms with Crippen LogP contribution in [0, 0.1) is 5.92 Å². The van der Waals surface area contributed by atoms with E-state index in [-0.39, 0.29) is 0 Å². The number of halogens is 2. The molecule has 1 aliphatic carbocycles. The van der Waals surface area contributed by atoms with E-state index in [1.54, 1.807) is 6.07 Å². The Labute approximate surface area is 123 Å². The molecule has 2 fully saturated rings. The van der Waals surface area contributed by atoms with Crippen LogP contribution in [0.5, 0.6) is 0 Å². The van der Waals surface area contributed by atoms with Crippen LogP contribution in [-0.4, -0.2) is 37.0 Å². The third-order valence-corrected chi connectivity index (χ3v) is 4.32. The molecule has 1 saturated carbocycles. The van der Waals surface area contributed by atoms with Gasteiger partial charge >= 0.3 is 0 Å². The summed E-state index contributed by atoms with van der Waals surface area (Å²) in [7, 11) is 0. The van der Waals surface area contributed by atoms with Gasteiger partial charge in [-0.25, -0.2) is 0 Å². The predicted molar refractivity (Wildman–Crippen MR) is 78.0 cm³/mol. The minimum Gasteiger partial charge on any atom is -0.367 e. The lowest BCUT2D eigenvalue weighted by molar-refractivity contribution is -0.132. The van der Waals surface area contributed by atoms with Gasteiger partial charge in [0.25, 0.3) is 0 Å². The monoisotopic (exact) mass is 298 g/mol. The fourth-order valence-electron chi connectivity index (χ4n) is 2.48. The Morgan fingerprint density at radius 2 is 1.79 bits per heavy atom. The number of amides is 1. The van der Waals surface area contributed by atoms with Crippen LogP contribution >= 0.6 is 23.2 Å². The molecular weight excluding hydrogens is 283 g/mol. The Bertz CT molecular complexity index is 494. The largest absolute Gasteiger partial charge is 0.367 e. The summed E-state index contributed by atoms with van der Waals surface area (Å²) >= 11 is 12.2. The molecule has 2 aliphatic rings. The van der Waals surface area contributed by atoms with E-state index in [1.165, 1.54) is 0 Å². The number of carbonyl (C=O) groups excluding carboxylic acids is 1. The van der Waals surface area contributed by atoms with E-state index < -0.39 is 0 Å². The molecule has 102 valence electrons. The maximum atomic E-state index is 12.0. The van der Waals surface area contributed by atoms with Crippen molar-refractivity contribution < 1.29 is 4.79 Å². The highest BCUT2D eigenvalue weighted by atomic mass is 35.5. The lowest BCUT2D eigenvalue weighted by Gasteiger charge is -2.36. The van der Waals surface area contributed by atoms with Crippen molar-refractivity contribution in [1.82, 2.24) is 4.90 Å². The number of rotatable bonds is 2. The fourth-order valence-corrected chi connectivity index (χ4v) is 2.89. The van der Waals surface area contributed by atoms with E-state index in [1.807, 2.05) is 17.0 Å². The summed E-state index contributed by atoms with van der Waals surface area (Å²) < 4.78 is 0. The van der Waals surface area contributed by atoms with Crippen molar-refractivity contribution in [2.75, 3.05) is 31.1 Å². The van der Waals surface area contributed by atoms with Crippen molar-refractivity contribution in [3.05, 3.63) is 28.2 Å². The lowest BCUT2D eigenvalue weighted by atomic mass is 10.2. The van der Waals surface area contributed by atoms with Crippen molar-refractivity contribution in [1.29, 1.82) is 0 Å².